The lowest BCUT2D eigenvalue weighted by atomic mass is 9.83. The fourth-order valence-electron chi connectivity index (χ4n) is 5.83. The molecule has 3 aliphatic rings. The van der Waals surface area contributed by atoms with Gasteiger partial charge in [0.05, 0.1) is 18.2 Å². The molecule has 0 bridgehead atoms. The van der Waals surface area contributed by atoms with E-state index in [-0.39, 0.29) is 41.8 Å². The Bertz CT molecular complexity index is 1200. The van der Waals surface area contributed by atoms with E-state index in [4.69, 9.17) is 9.47 Å². The van der Waals surface area contributed by atoms with Crippen LogP contribution in [0.5, 0.6) is 11.5 Å². The lowest BCUT2D eigenvalue weighted by Gasteiger charge is -2.32. The molecule has 0 saturated carbocycles. The lowest BCUT2D eigenvalue weighted by Crippen LogP contribution is -2.43. The number of nitrogens with one attached hydrogen (secondary N) is 2. The molecule has 3 saturated heterocycles. The van der Waals surface area contributed by atoms with Crippen LogP contribution >= 0.6 is 0 Å². The molecule has 0 spiro atoms. The van der Waals surface area contributed by atoms with E-state index in [1.54, 1.807) is 6.07 Å². The molecule has 7 nitrogen and oxygen atoms in total. The zero-order valence-electron chi connectivity index (χ0n) is 20.0. The van der Waals surface area contributed by atoms with Gasteiger partial charge in [-0.3, -0.25) is 4.79 Å². The molecule has 1 amide bonds. The van der Waals surface area contributed by atoms with Crippen LogP contribution in [0.2, 0.25) is 0 Å². The van der Waals surface area contributed by atoms with Crippen LogP contribution < -0.4 is 15.6 Å². The van der Waals surface area contributed by atoms with Crippen LogP contribution in [0, 0.1) is 5.92 Å². The number of benzene rings is 3. The van der Waals surface area contributed by atoms with Crippen molar-refractivity contribution in [3.05, 3.63) is 95.6 Å². The highest BCUT2D eigenvalue weighted by molar-refractivity contribution is 5.86. The van der Waals surface area contributed by atoms with Gasteiger partial charge in [-0.05, 0) is 42.2 Å². The molecule has 36 heavy (non-hydrogen) atoms. The Hall–Kier alpha value is -3.39. The fourth-order valence-corrected chi connectivity index (χ4v) is 5.83. The fraction of sp³-hybridized carbons (Fsp3) is 0.345. The number of phenolic OH excluding ortho intramolecular Hbond substituents is 1. The number of fused-ring (bicyclic) bond motifs is 1. The molecule has 3 N–H and O–H groups in total. The third-order valence-electron chi connectivity index (χ3n) is 7.58. The molecule has 0 radical (unpaired) electrons. The van der Waals surface area contributed by atoms with Crippen molar-refractivity contribution in [2.24, 2.45) is 5.92 Å². The Morgan fingerprint density at radius 1 is 0.944 bits per heavy atom. The molecule has 3 heterocycles. The summed E-state index contributed by atoms with van der Waals surface area (Å²) in [6, 6.07) is 24.7. The second-order valence-corrected chi connectivity index (χ2v) is 9.79. The van der Waals surface area contributed by atoms with Crippen LogP contribution in [-0.4, -0.2) is 41.2 Å². The van der Waals surface area contributed by atoms with E-state index in [0.29, 0.717) is 13.2 Å². The first kappa shape index (κ1) is 23.0. The average molecular weight is 486 g/mol. The second kappa shape index (κ2) is 9.93. The maximum Gasteiger partial charge on any atom is 0.242 e. The van der Waals surface area contributed by atoms with Crippen LogP contribution in [0.1, 0.15) is 41.6 Å². The largest absolute Gasteiger partial charge is 0.508 e. The Labute approximate surface area is 211 Å². The predicted molar refractivity (Wildman–Crippen MR) is 135 cm³/mol. The third kappa shape index (κ3) is 4.34. The number of hydrogen-bond donors (Lipinski definition) is 3. The summed E-state index contributed by atoms with van der Waals surface area (Å²) >= 11 is 0. The Morgan fingerprint density at radius 3 is 2.44 bits per heavy atom. The first-order valence-corrected chi connectivity index (χ1v) is 12.7. The van der Waals surface area contributed by atoms with Gasteiger partial charge >= 0.3 is 0 Å². The van der Waals surface area contributed by atoms with Gasteiger partial charge in [-0.15, -0.1) is 0 Å². The van der Waals surface area contributed by atoms with Gasteiger partial charge in [-0.1, -0.05) is 60.7 Å². The van der Waals surface area contributed by atoms with E-state index < -0.39 is 0 Å². The van der Waals surface area contributed by atoms with Gasteiger partial charge in [-0.25, -0.2) is 10.9 Å². The van der Waals surface area contributed by atoms with E-state index in [1.165, 1.54) is 0 Å². The van der Waals surface area contributed by atoms with E-state index in [2.05, 4.69) is 23.0 Å². The predicted octanol–water partition coefficient (Wildman–Crippen LogP) is 3.87. The van der Waals surface area contributed by atoms with E-state index in [0.717, 1.165) is 41.9 Å². The minimum absolute atomic E-state index is 0.0558. The SMILES string of the molecule is O=C1C2NNC(c3ccccc3O)C2C(c2ccc(OCc3ccccc3)cc2)N1CC1CCCO1. The molecular weight excluding hydrogens is 454 g/mol. The van der Waals surface area contributed by atoms with Crippen molar-refractivity contribution in [1.29, 1.82) is 0 Å². The van der Waals surface area contributed by atoms with Gasteiger partial charge < -0.3 is 19.5 Å². The zero-order chi connectivity index (χ0) is 24.5. The summed E-state index contributed by atoms with van der Waals surface area (Å²) < 4.78 is 11.9. The molecule has 5 atom stereocenters. The molecule has 5 unspecified atom stereocenters. The molecule has 186 valence electrons. The number of nitrogens with zero attached hydrogens (tertiary/aromatic N) is 1. The normalized spacial score (nSPS) is 27.4. The first-order valence-electron chi connectivity index (χ1n) is 12.7. The van der Waals surface area contributed by atoms with Crippen LogP contribution in [0.15, 0.2) is 78.9 Å². The maximum atomic E-state index is 13.6. The van der Waals surface area contributed by atoms with E-state index in [1.807, 2.05) is 65.6 Å². The summed E-state index contributed by atoms with van der Waals surface area (Å²) in [5.41, 5.74) is 9.48. The summed E-state index contributed by atoms with van der Waals surface area (Å²) in [5, 5.41) is 10.6. The molecule has 0 aromatic heterocycles. The van der Waals surface area contributed by atoms with Crippen LogP contribution in [0.25, 0.3) is 0 Å². The third-order valence-corrected chi connectivity index (χ3v) is 7.58. The number of amides is 1. The number of rotatable bonds is 7. The molecule has 3 aromatic carbocycles. The molecule has 3 aliphatic heterocycles. The molecule has 3 fully saturated rings. The first-order chi connectivity index (χ1) is 17.7. The van der Waals surface area contributed by atoms with Crippen LogP contribution in [-0.2, 0) is 16.1 Å². The Kier molecular flexibility index (Phi) is 6.35. The van der Waals surface area contributed by atoms with Crippen molar-refractivity contribution in [2.75, 3.05) is 13.2 Å². The number of para-hydroxylation sites is 1. The van der Waals surface area contributed by atoms with Gasteiger partial charge in [0.25, 0.3) is 0 Å². The lowest BCUT2D eigenvalue weighted by molar-refractivity contribution is -0.132. The topological polar surface area (TPSA) is 83.1 Å². The second-order valence-electron chi connectivity index (χ2n) is 9.79. The van der Waals surface area contributed by atoms with Crippen molar-refractivity contribution in [2.45, 2.75) is 43.7 Å². The number of ether oxygens (including phenoxy) is 2. The van der Waals surface area contributed by atoms with Crippen molar-refractivity contribution >= 4 is 5.91 Å². The molecule has 6 rings (SSSR count). The number of carbonyl (C=O) groups excluding carboxylic acids is 1. The quantitative estimate of drug-likeness (QED) is 0.471. The summed E-state index contributed by atoms with van der Waals surface area (Å²) in [4.78, 5) is 15.6. The highest BCUT2D eigenvalue weighted by Gasteiger charge is 2.56. The standard InChI is InChI=1S/C29H31N3O4/c33-24-11-5-4-10-23(24)26-25-27(31-30-26)29(34)32(17-22-9-6-16-35-22)28(25)20-12-14-21(15-13-20)36-18-19-7-2-1-3-8-19/h1-5,7-8,10-15,22,25-28,30-31,33H,6,9,16-18H2. The summed E-state index contributed by atoms with van der Waals surface area (Å²) in [6.45, 7) is 1.82. The van der Waals surface area contributed by atoms with Crippen LogP contribution in [0.3, 0.4) is 0 Å². The summed E-state index contributed by atoms with van der Waals surface area (Å²) in [7, 11) is 0. The van der Waals surface area contributed by atoms with E-state index in [9.17, 15) is 9.90 Å². The smallest absolute Gasteiger partial charge is 0.242 e. The van der Waals surface area contributed by atoms with Gasteiger partial charge in [0, 0.05) is 24.6 Å². The van der Waals surface area contributed by atoms with Crippen molar-refractivity contribution in [3.63, 3.8) is 0 Å². The molecular formula is C29H31N3O4. The highest BCUT2D eigenvalue weighted by atomic mass is 16.5. The number of hydrogen-bond acceptors (Lipinski definition) is 6. The minimum Gasteiger partial charge on any atom is -0.508 e. The number of likely N-dealkylation sites (tertiary alicyclic amines) is 1. The number of hydrazine groups is 1. The van der Waals surface area contributed by atoms with E-state index >= 15 is 0 Å². The number of carbonyl (C=O) groups is 1. The average Bonchev–Trinajstić information content (AvgIpc) is 3.64. The highest BCUT2D eigenvalue weighted by Crippen LogP contribution is 2.49. The minimum atomic E-state index is -0.380. The Morgan fingerprint density at radius 2 is 1.69 bits per heavy atom. The molecule has 3 aromatic rings. The molecule has 7 heteroatoms. The molecule has 0 aliphatic carbocycles. The number of aromatic hydroxyl groups is 1. The maximum absolute atomic E-state index is 13.6. The summed E-state index contributed by atoms with van der Waals surface area (Å²) in [5.74, 6) is 0.985. The van der Waals surface area contributed by atoms with Gasteiger partial charge in [0.15, 0.2) is 0 Å². The van der Waals surface area contributed by atoms with Gasteiger partial charge in [0.1, 0.15) is 24.1 Å². The van der Waals surface area contributed by atoms with Gasteiger partial charge in [0.2, 0.25) is 5.91 Å². The summed E-state index contributed by atoms with van der Waals surface area (Å²) in [6.07, 6.45) is 2.05. The van der Waals surface area contributed by atoms with Crippen LogP contribution in [0.4, 0.5) is 0 Å². The van der Waals surface area contributed by atoms with Gasteiger partial charge in [-0.2, -0.15) is 0 Å². The van der Waals surface area contributed by atoms with Crippen molar-refractivity contribution in [1.82, 2.24) is 15.8 Å². The Balaban J connectivity index is 1.29. The van der Waals surface area contributed by atoms with Crippen molar-refractivity contribution in [3.8, 4) is 11.5 Å². The number of phenols is 1. The zero-order valence-corrected chi connectivity index (χ0v) is 20.0. The monoisotopic (exact) mass is 485 g/mol. The van der Waals surface area contributed by atoms with Crippen molar-refractivity contribution < 1.29 is 19.4 Å².